The van der Waals surface area contributed by atoms with E-state index in [0.29, 0.717) is 12.6 Å². The topological polar surface area (TPSA) is 91.8 Å². The molecule has 1 aromatic carbocycles. The summed E-state index contributed by atoms with van der Waals surface area (Å²) < 4.78 is 31.4. The molecule has 1 aliphatic rings. The van der Waals surface area contributed by atoms with Crippen LogP contribution >= 0.6 is 0 Å². The van der Waals surface area contributed by atoms with Gasteiger partial charge in [-0.3, -0.25) is 4.99 Å². The maximum Gasteiger partial charge on any atom is 0.215 e. The van der Waals surface area contributed by atoms with E-state index < -0.39 is 10.0 Å². The van der Waals surface area contributed by atoms with Crippen LogP contribution in [0.25, 0.3) is 0 Å². The molecule has 158 valence electrons. The van der Waals surface area contributed by atoms with Crippen LogP contribution in [0, 0.1) is 0 Å². The maximum atomic E-state index is 11.6. The molecule has 0 saturated heterocycles. The van der Waals surface area contributed by atoms with Crippen LogP contribution in [0.5, 0.6) is 0 Å². The summed E-state index contributed by atoms with van der Waals surface area (Å²) in [7, 11) is -0.0680. The summed E-state index contributed by atoms with van der Waals surface area (Å²) >= 11 is 0. The van der Waals surface area contributed by atoms with E-state index in [2.05, 4.69) is 20.3 Å². The number of guanidine groups is 1. The van der Waals surface area contributed by atoms with E-state index in [1.54, 1.807) is 7.05 Å². The third-order valence-corrected chi connectivity index (χ3v) is 6.23. The van der Waals surface area contributed by atoms with Crippen LogP contribution in [-0.2, 0) is 27.1 Å². The second-order valence-electron chi connectivity index (χ2n) is 7.12. The van der Waals surface area contributed by atoms with E-state index in [-0.39, 0.29) is 5.75 Å². The predicted molar refractivity (Wildman–Crippen MR) is 114 cm³/mol. The second kappa shape index (κ2) is 12.0. The van der Waals surface area contributed by atoms with Crippen LogP contribution in [0.4, 0.5) is 0 Å². The smallest absolute Gasteiger partial charge is 0.215 e. The Morgan fingerprint density at radius 1 is 1.11 bits per heavy atom. The molecule has 3 N–H and O–H groups in total. The van der Waals surface area contributed by atoms with Crippen molar-refractivity contribution >= 4 is 16.0 Å². The lowest BCUT2D eigenvalue weighted by atomic mass is 9.98. The number of hydrogen-bond donors (Lipinski definition) is 3. The number of benzene rings is 1. The summed E-state index contributed by atoms with van der Waals surface area (Å²) in [5, 5.41) is 6.57. The van der Waals surface area contributed by atoms with Crippen LogP contribution in [0.2, 0.25) is 0 Å². The monoisotopic (exact) mass is 410 g/mol. The van der Waals surface area contributed by atoms with E-state index in [4.69, 9.17) is 4.74 Å². The summed E-state index contributed by atoms with van der Waals surface area (Å²) in [6.07, 6.45) is 7.76. The highest BCUT2D eigenvalue weighted by Gasteiger charge is 2.13. The zero-order chi connectivity index (χ0) is 20.2. The van der Waals surface area contributed by atoms with Gasteiger partial charge in [-0.05, 0) is 37.4 Å². The molecule has 0 aromatic heterocycles. The Morgan fingerprint density at radius 3 is 2.43 bits per heavy atom. The van der Waals surface area contributed by atoms with Gasteiger partial charge in [0.2, 0.25) is 10.0 Å². The molecule has 0 atom stereocenters. The molecule has 0 aliphatic heterocycles. The number of nitrogens with zero attached hydrogens (tertiary/aromatic N) is 1. The minimum absolute atomic E-state index is 0.0106. The average Bonchev–Trinajstić information content (AvgIpc) is 2.71. The van der Waals surface area contributed by atoms with Crippen molar-refractivity contribution in [1.29, 1.82) is 0 Å². The SMILES string of the molecule is CN=C(NCCCOC1CCCCC1)NCc1ccc(CS(=O)(=O)NC)cc1. The van der Waals surface area contributed by atoms with Gasteiger partial charge >= 0.3 is 0 Å². The molecular formula is C20H34N4O3S. The summed E-state index contributed by atoms with van der Waals surface area (Å²) in [5.74, 6) is 0.739. The van der Waals surface area contributed by atoms with Gasteiger partial charge in [0.15, 0.2) is 5.96 Å². The molecule has 7 nitrogen and oxygen atoms in total. The largest absolute Gasteiger partial charge is 0.378 e. The molecule has 0 spiro atoms. The third kappa shape index (κ3) is 8.58. The first kappa shape index (κ1) is 22.6. The standard InChI is InChI=1S/C20H34N4O3S/c1-21-20(23-13-6-14-27-19-7-4-3-5-8-19)24-15-17-9-11-18(12-10-17)16-28(25,26)22-2/h9-12,19,22H,3-8,13-16H2,1-2H3,(H2,21,23,24). The number of ether oxygens (including phenoxy) is 1. The Hall–Kier alpha value is -1.64. The number of rotatable bonds is 10. The first-order chi connectivity index (χ1) is 13.5. The lowest BCUT2D eigenvalue weighted by Gasteiger charge is -2.22. The minimum atomic E-state index is -3.24. The number of nitrogens with one attached hydrogen (secondary N) is 3. The van der Waals surface area contributed by atoms with Crippen molar-refractivity contribution in [2.75, 3.05) is 27.2 Å². The highest BCUT2D eigenvalue weighted by atomic mass is 32.2. The van der Waals surface area contributed by atoms with E-state index in [1.165, 1.54) is 39.2 Å². The molecule has 8 heteroatoms. The average molecular weight is 411 g/mol. The van der Waals surface area contributed by atoms with Crippen LogP contribution in [-0.4, -0.2) is 47.7 Å². The van der Waals surface area contributed by atoms with E-state index in [9.17, 15) is 8.42 Å². The van der Waals surface area contributed by atoms with Gasteiger partial charge in [0, 0.05) is 26.7 Å². The molecule has 1 aliphatic carbocycles. The number of sulfonamides is 1. The predicted octanol–water partition coefficient (Wildman–Crippen LogP) is 2.14. The Balaban J connectivity index is 1.64. The van der Waals surface area contributed by atoms with Gasteiger partial charge in [-0.15, -0.1) is 0 Å². The van der Waals surface area contributed by atoms with Crippen molar-refractivity contribution in [3.8, 4) is 0 Å². The fraction of sp³-hybridized carbons (Fsp3) is 0.650. The molecule has 1 saturated carbocycles. The lowest BCUT2D eigenvalue weighted by Crippen LogP contribution is -2.37. The van der Waals surface area contributed by atoms with E-state index >= 15 is 0 Å². The highest BCUT2D eigenvalue weighted by molar-refractivity contribution is 7.88. The van der Waals surface area contributed by atoms with Crippen LogP contribution in [0.1, 0.15) is 49.7 Å². The van der Waals surface area contributed by atoms with Gasteiger partial charge in [-0.2, -0.15) is 0 Å². The molecule has 1 fully saturated rings. The molecule has 0 radical (unpaired) electrons. The normalized spacial score (nSPS) is 16.1. The Kier molecular flexibility index (Phi) is 9.73. The fourth-order valence-electron chi connectivity index (χ4n) is 3.21. The Morgan fingerprint density at radius 2 is 1.79 bits per heavy atom. The molecule has 0 amide bonds. The van der Waals surface area contributed by atoms with Crippen LogP contribution in [0.3, 0.4) is 0 Å². The molecule has 28 heavy (non-hydrogen) atoms. The molecular weight excluding hydrogens is 376 g/mol. The second-order valence-corrected chi connectivity index (χ2v) is 9.04. The van der Waals surface area contributed by atoms with Crippen molar-refractivity contribution in [3.63, 3.8) is 0 Å². The first-order valence-electron chi connectivity index (χ1n) is 10.1. The summed E-state index contributed by atoms with van der Waals surface area (Å²) in [6, 6.07) is 7.53. The Bertz CT molecular complexity index is 699. The van der Waals surface area contributed by atoms with Gasteiger partial charge in [0.05, 0.1) is 11.9 Å². The quantitative estimate of drug-likeness (QED) is 0.312. The van der Waals surface area contributed by atoms with Crippen molar-refractivity contribution in [1.82, 2.24) is 15.4 Å². The van der Waals surface area contributed by atoms with Crippen molar-refractivity contribution in [2.45, 2.75) is 56.9 Å². The van der Waals surface area contributed by atoms with E-state index in [0.717, 1.165) is 36.7 Å². The molecule has 0 heterocycles. The van der Waals surface area contributed by atoms with Gasteiger partial charge < -0.3 is 15.4 Å². The van der Waals surface area contributed by atoms with Gasteiger partial charge in [-0.1, -0.05) is 43.5 Å². The molecule has 0 bridgehead atoms. The van der Waals surface area contributed by atoms with Gasteiger partial charge in [0.1, 0.15) is 0 Å². The maximum absolute atomic E-state index is 11.6. The number of aliphatic imine (C=N–C) groups is 1. The van der Waals surface area contributed by atoms with Crippen LogP contribution < -0.4 is 15.4 Å². The lowest BCUT2D eigenvalue weighted by molar-refractivity contribution is 0.0277. The number of hydrogen-bond acceptors (Lipinski definition) is 4. The third-order valence-electron chi connectivity index (χ3n) is 4.89. The molecule has 1 aromatic rings. The molecule has 0 unspecified atom stereocenters. The van der Waals surface area contributed by atoms with Crippen LogP contribution in [0.15, 0.2) is 29.3 Å². The van der Waals surface area contributed by atoms with Crippen molar-refractivity contribution in [3.05, 3.63) is 35.4 Å². The zero-order valence-electron chi connectivity index (χ0n) is 17.0. The summed E-state index contributed by atoms with van der Waals surface area (Å²) in [6.45, 7) is 2.22. The van der Waals surface area contributed by atoms with Gasteiger partial charge in [-0.25, -0.2) is 13.1 Å². The van der Waals surface area contributed by atoms with Crippen molar-refractivity contribution < 1.29 is 13.2 Å². The molecule has 2 rings (SSSR count). The fourth-order valence-corrected chi connectivity index (χ4v) is 3.99. The first-order valence-corrected chi connectivity index (χ1v) is 11.7. The summed E-state index contributed by atoms with van der Waals surface area (Å²) in [4.78, 5) is 4.23. The highest BCUT2D eigenvalue weighted by Crippen LogP contribution is 2.20. The summed E-state index contributed by atoms with van der Waals surface area (Å²) in [5.41, 5.74) is 1.83. The Labute approximate surface area is 169 Å². The zero-order valence-corrected chi connectivity index (χ0v) is 17.9. The van der Waals surface area contributed by atoms with Gasteiger partial charge in [0.25, 0.3) is 0 Å². The van der Waals surface area contributed by atoms with E-state index in [1.807, 2.05) is 24.3 Å². The van der Waals surface area contributed by atoms with Crippen molar-refractivity contribution in [2.24, 2.45) is 4.99 Å². The minimum Gasteiger partial charge on any atom is -0.378 e.